The second-order valence-electron chi connectivity index (χ2n) is 3.15. The Balaban J connectivity index is 0.00000169. The molecule has 0 aromatic heterocycles. The van der Waals surface area contributed by atoms with Gasteiger partial charge in [-0.3, -0.25) is 0 Å². The lowest BCUT2D eigenvalue weighted by Crippen LogP contribution is -1.88. The molecule has 0 atom stereocenters. The molecule has 0 aliphatic heterocycles. The molecule has 0 saturated heterocycles. The van der Waals surface area contributed by atoms with E-state index in [0.717, 1.165) is 24.8 Å². The first-order valence-electron chi connectivity index (χ1n) is 4.61. The van der Waals surface area contributed by atoms with Crippen molar-refractivity contribution in [2.45, 2.75) is 40.0 Å². The van der Waals surface area contributed by atoms with Crippen molar-refractivity contribution in [2.24, 2.45) is 0 Å². The number of aryl methyl sites for hydroxylation is 1. The van der Waals surface area contributed by atoms with Gasteiger partial charge in [0.25, 0.3) is 6.43 Å². The highest BCUT2D eigenvalue weighted by atomic mass is 19.3. The Kier molecular flexibility index (Phi) is 6.09. The summed E-state index contributed by atoms with van der Waals surface area (Å²) >= 11 is 0. The van der Waals surface area contributed by atoms with E-state index < -0.39 is 6.43 Å². The van der Waals surface area contributed by atoms with Gasteiger partial charge in [0.05, 0.1) is 0 Å². The molecule has 0 fully saturated rings. The van der Waals surface area contributed by atoms with Crippen LogP contribution in [-0.2, 0) is 6.42 Å². The molecule has 0 amide bonds. The van der Waals surface area contributed by atoms with Gasteiger partial charge in [-0.1, -0.05) is 45.0 Å². The molecule has 80 valence electrons. The Bertz CT molecular complexity index is 256. The fourth-order valence-electron chi connectivity index (χ4n) is 1.27. The van der Waals surface area contributed by atoms with E-state index in [2.05, 4.69) is 6.92 Å². The topological polar surface area (TPSA) is 0 Å². The molecule has 1 rings (SSSR count). The smallest absolute Gasteiger partial charge is 0.205 e. The first kappa shape index (κ1) is 13.1. The summed E-state index contributed by atoms with van der Waals surface area (Å²) in [6, 6.07) is 6.68. The number of hydrogen-bond donors (Lipinski definition) is 0. The summed E-state index contributed by atoms with van der Waals surface area (Å²) in [5.74, 6) is 0. The molecule has 0 nitrogen and oxygen atoms in total. The van der Waals surface area contributed by atoms with E-state index in [1.54, 1.807) is 12.1 Å². The van der Waals surface area contributed by atoms with Gasteiger partial charge in [-0.25, -0.2) is 8.78 Å². The van der Waals surface area contributed by atoms with Gasteiger partial charge in [0.15, 0.2) is 0 Å². The van der Waals surface area contributed by atoms with Crippen LogP contribution in [0, 0.1) is 0 Å². The van der Waals surface area contributed by atoms with Gasteiger partial charge in [0.1, 0.15) is 0 Å². The fourth-order valence-corrected chi connectivity index (χ4v) is 1.27. The highest BCUT2D eigenvalue weighted by molar-refractivity contribution is 5.24. The monoisotopic (exact) mass is 200 g/mol. The van der Waals surface area contributed by atoms with Crippen molar-refractivity contribution in [2.75, 3.05) is 0 Å². The largest absolute Gasteiger partial charge is 0.263 e. The van der Waals surface area contributed by atoms with Crippen molar-refractivity contribution in [3.63, 3.8) is 0 Å². The maximum Gasteiger partial charge on any atom is 0.263 e. The summed E-state index contributed by atoms with van der Waals surface area (Å²) in [5.41, 5.74) is 1.15. The summed E-state index contributed by atoms with van der Waals surface area (Å²) < 4.78 is 24.5. The number of halogens is 2. The zero-order valence-electron chi connectivity index (χ0n) is 7.76. The third-order valence-corrected chi connectivity index (χ3v) is 2.02. The van der Waals surface area contributed by atoms with E-state index in [1.807, 2.05) is 6.07 Å². The van der Waals surface area contributed by atoms with E-state index in [4.69, 9.17) is 0 Å². The normalized spacial score (nSPS) is 10.0. The van der Waals surface area contributed by atoms with E-state index in [9.17, 15) is 8.78 Å². The van der Waals surface area contributed by atoms with Crippen molar-refractivity contribution in [3.05, 3.63) is 35.4 Å². The predicted octanol–water partition coefficient (Wildman–Crippen LogP) is 4.60. The molecule has 14 heavy (non-hydrogen) atoms. The van der Waals surface area contributed by atoms with Gasteiger partial charge >= 0.3 is 0 Å². The van der Waals surface area contributed by atoms with Gasteiger partial charge in [-0.2, -0.15) is 0 Å². The number of hydrogen-bond acceptors (Lipinski definition) is 0. The standard InChI is InChI=1S/C11H14F2.CH4/c1-2-3-5-9-6-4-7-10(8-9)11(12)13;/h4,6-8,11H,2-3,5H2,1H3;1H4. The van der Waals surface area contributed by atoms with Crippen molar-refractivity contribution in [3.8, 4) is 0 Å². The first-order valence-corrected chi connectivity index (χ1v) is 4.61. The fraction of sp³-hybridized carbons (Fsp3) is 0.500. The zero-order valence-corrected chi connectivity index (χ0v) is 7.76. The maximum absolute atomic E-state index is 12.3. The van der Waals surface area contributed by atoms with Crippen LogP contribution in [0.2, 0.25) is 0 Å². The van der Waals surface area contributed by atoms with Crippen LogP contribution in [0.5, 0.6) is 0 Å². The number of rotatable bonds is 4. The van der Waals surface area contributed by atoms with Crippen LogP contribution in [-0.4, -0.2) is 0 Å². The Hall–Kier alpha value is -0.920. The molecule has 0 aliphatic carbocycles. The molecule has 0 spiro atoms. The van der Waals surface area contributed by atoms with Crippen LogP contribution in [0.4, 0.5) is 8.78 Å². The summed E-state index contributed by atoms with van der Waals surface area (Å²) in [6.07, 6.45) is 0.712. The minimum atomic E-state index is -2.35. The SMILES string of the molecule is C.CCCCc1cccc(C(F)F)c1. The summed E-state index contributed by atoms with van der Waals surface area (Å²) in [5, 5.41) is 0. The minimum Gasteiger partial charge on any atom is -0.205 e. The predicted molar refractivity (Wildman–Crippen MR) is 56.7 cm³/mol. The number of alkyl halides is 2. The Morgan fingerprint density at radius 2 is 2.00 bits per heavy atom. The Labute approximate surface area is 85.0 Å². The van der Waals surface area contributed by atoms with Crippen LogP contribution in [0.25, 0.3) is 0 Å². The lowest BCUT2D eigenvalue weighted by Gasteiger charge is -2.03. The number of unbranched alkanes of at least 4 members (excludes halogenated alkanes) is 1. The average Bonchev–Trinajstić information content (AvgIpc) is 2.15. The van der Waals surface area contributed by atoms with E-state index in [0.29, 0.717) is 0 Å². The quantitative estimate of drug-likeness (QED) is 0.666. The number of benzene rings is 1. The Morgan fingerprint density at radius 1 is 1.29 bits per heavy atom. The highest BCUT2D eigenvalue weighted by Gasteiger charge is 2.06. The molecular weight excluding hydrogens is 182 g/mol. The summed E-state index contributed by atoms with van der Waals surface area (Å²) in [7, 11) is 0. The third kappa shape index (κ3) is 3.86. The van der Waals surface area contributed by atoms with Crippen LogP contribution >= 0.6 is 0 Å². The molecule has 0 aliphatic rings. The molecule has 0 unspecified atom stereocenters. The van der Waals surface area contributed by atoms with Gasteiger partial charge in [0, 0.05) is 5.56 Å². The Morgan fingerprint density at radius 3 is 2.57 bits per heavy atom. The molecule has 0 N–H and O–H groups in total. The molecule has 1 aromatic rings. The lowest BCUT2D eigenvalue weighted by atomic mass is 10.1. The van der Waals surface area contributed by atoms with E-state index >= 15 is 0 Å². The molecule has 0 radical (unpaired) electrons. The molecule has 0 heterocycles. The van der Waals surface area contributed by atoms with Gasteiger partial charge < -0.3 is 0 Å². The van der Waals surface area contributed by atoms with Crippen LogP contribution in [0.1, 0.15) is 44.7 Å². The van der Waals surface area contributed by atoms with Crippen molar-refractivity contribution < 1.29 is 8.78 Å². The van der Waals surface area contributed by atoms with Gasteiger partial charge in [0.2, 0.25) is 0 Å². The second-order valence-corrected chi connectivity index (χ2v) is 3.15. The highest BCUT2D eigenvalue weighted by Crippen LogP contribution is 2.20. The third-order valence-electron chi connectivity index (χ3n) is 2.02. The van der Waals surface area contributed by atoms with Crippen LogP contribution < -0.4 is 0 Å². The van der Waals surface area contributed by atoms with Crippen LogP contribution in [0.15, 0.2) is 24.3 Å². The maximum atomic E-state index is 12.3. The summed E-state index contributed by atoms with van der Waals surface area (Å²) in [4.78, 5) is 0. The second kappa shape index (κ2) is 6.52. The van der Waals surface area contributed by atoms with Gasteiger partial charge in [-0.05, 0) is 18.4 Å². The van der Waals surface area contributed by atoms with Crippen molar-refractivity contribution in [1.29, 1.82) is 0 Å². The van der Waals surface area contributed by atoms with Gasteiger partial charge in [-0.15, -0.1) is 0 Å². The zero-order chi connectivity index (χ0) is 9.68. The molecule has 2 heteroatoms. The van der Waals surface area contributed by atoms with Crippen molar-refractivity contribution in [1.82, 2.24) is 0 Å². The van der Waals surface area contributed by atoms with Crippen molar-refractivity contribution >= 4 is 0 Å². The summed E-state index contributed by atoms with van der Waals surface area (Å²) in [6.45, 7) is 2.09. The molecular formula is C12H18F2. The first-order chi connectivity index (χ1) is 6.24. The molecule has 1 aromatic carbocycles. The molecule has 0 saturated carbocycles. The van der Waals surface area contributed by atoms with Crippen LogP contribution in [0.3, 0.4) is 0 Å². The minimum absolute atomic E-state index is 0. The average molecular weight is 200 g/mol. The lowest BCUT2D eigenvalue weighted by molar-refractivity contribution is 0.151. The molecule has 0 bridgehead atoms. The van der Waals surface area contributed by atoms with E-state index in [1.165, 1.54) is 6.07 Å². The van der Waals surface area contributed by atoms with E-state index in [-0.39, 0.29) is 13.0 Å².